The highest BCUT2D eigenvalue weighted by Gasteiger charge is 2.47. The summed E-state index contributed by atoms with van der Waals surface area (Å²) < 4.78 is 24.3. The molecule has 1 spiro atoms. The fourth-order valence-corrected chi connectivity index (χ4v) is 3.61. The van der Waals surface area contributed by atoms with Crippen LogP contribution in [0.5, 0.6) is 0 Å². The first-order chi connectivity index (χ1) is 11.7. The second kappa shape index (κ2) is 8.63. The van der Waals surface area contributed by atoms with E-state index < -0.39 is 0 Å². The van der Waals surface area contributed by atoms with Crippen molar-refractivity contribution in [3.63, 3.8) is 0 Å². The molecule has 6 nitrogen and oxygen atoms in total. The summed E-state index contributed by atoms with van der Waals surface area (Å²) in [6.07, 6.45) is 3.56. The molecule has 148 valence electrons. The average molecular weight is 359 g/mol. The topological polar surface area (TPSA) is 89.0 Å². The van der Waals surface area contributed by atoms with Gasteiger partial charge in [0.15, 0.2) is 12.6 Å². The molecule has 2 aliphatic heterocycles. The Balaban J connectivity index is 1.83. The van der Waals surface area contributed by atoms with Gasteiger partial charge in [0.25, 0.3) is 0 Å². The highest BCUT2D eigenvalue weighted by atomic mass is 16.7. The van der Waals surface area contributed by atoms with Crippen LogP contribution in [0, 0.1) is 16.2 Å². The summed E-state index contributed by atoms with van der Waals surface area (Å²) in [5.74, 6) is 0. The van der Waals surface area contributed by atoms with Crippen molar-refractivity contribution in [1.29, 1.82) is 0 Å². The van der Waals surface area contributed by atoms with E-state index >= 15 is 0 Å². The summed E-state index contributed by atoms with van der Waals surface area (Å²) >= 11 is 0. The van der Waals surface area contributed by atoms with E-state index in [-0.39, 0.29) is 28.8 Å². The Morgan fingerprint density at radius 3 is 1.32 bits per heavy atom. The second-order valence-electron chi connectivity index (χ2n) is 9.17. The predicted molar refractivity (Wildman–Crippen MR) is 98.0 cm³/mol. The molecule has 4 N–H and O–H groups in total. The molecule has 0 amide bonds. The van der Waals surface area contributed by atoms with Gasteiger partial charge < -0.3 is 30.4 Å². The Labute approximate surface area is 152 Å². The van der Waals surface area contributed by atoms with Gasteiger partial charge in [-0.1, -0.05) is 27.7 Å². The van der Waals surface area contributed by atoms with Crippen molar-refractivity contribution < 1.29 is 18.9 Å². The standard InChI is InChI=1S/C19H38N2O4/c1-17(2,7-5-9-20)15-22-11-19(12-23-15)13-24-16(25-14-19)18(3,4)8-6-10-21/h15-16H,5-14,20-21H2,1-4H3. The van der Waals surface area contributed by atoms with Gasteiger partial charge in [-0.05, 0) is 38.8 Å². The number of hydrogen-bond acceptors (Lipinski definition) is 6. The third-order valence-corrected chi connectivity index (χ3v) is 5.49. The maximum absolute atomic E-state index is 6.08. The van der Waals surface area contributed by atoms with Crippen LogP contribution in [0.15, 0.2) is 0 Å². The van der Waals surface area contributed by atoms with Gasteiger partial charge in [0, 0.05) is 10.8 Å². The minimum atomic E-state index is -0.194. The van der Waals surface area contributed by atoms with Crippen molar-refractivity contribution in [2.45, 2.75) is 66.0 Å². The van der Waals surface area contributed by atoms with Crippen LogP contribution in [0.3, 0.4) is 0 Å². The zero-order chi connectivity index (χ0) is 18.6. The van der Waals surface area contributed by atoms with Gasteiger partial charge >= 0.3 is 0 Å². The number of rotatable bonds is 8. The van der Waals surface area contributed by atoms with Crippen molar-refractivity contribution >= 4 is 0 Å². The van der Waals surface area contributed by atoms with Crippen molar-refractivity contribution in [2.75, 3.05) is 39.5 Å². The zero-order valence-corrected chi connectivity index (χ0v) is 16.5. The molecule has 6 heteroatoms. The fourth-order valence-electron chi connectivity index (χ4n) is 3.61. The first-order valence-electron chi connectivity index (χ1n) is 9.61. The third-order valence-electron chi connectivity index (χ3n) is 5.49. The van der Waals surface area contributed by atoms with Crippen molar-refractivity contribution in [2.24, 2.45) is 27.7 Å². The quantitative estimate of drug-likeness (QED) is 0.692. The smallest absolute Gasteiger partial charge is 0.162 e. The summed E-state index contributed by atoms with van der Waals surface area (Å²) in [5, 5.41) is 0. The Morgan fingerprint density at radius 2 is 1.04 bits per heavy atom. The van der Waals surface area contributed by atoms with E-state index in [2.05, 4.69) is 27.7 Å². The molecule has 2 heterocycles. The molecule has 0 radical (unpaired) electrons. The molecule has 0 aliphatic carbocycles. The van der Waals surface area contributed by atoms with Crippen LogP contribution in [0.25, 0.3) is 0 Å². The molecule has 0 bridgehead atoms. The maximum atomic E-state index is 6.08. The van der Waals surface area contributed by atoms with E-state index in [4.69, 9.17) is 30.4 Å². The molecule has 0 unspecified atom stereocenters. The van der Waals surface area contributed by atoms with E-state index in [1.165, 1.54) is 0 Å². The molecule has 0 aromatic heterocycles. The molecule has 25 heavy (non-hydrogen) atoms. The Bertz CT molecular complexity index is 357. The van der Waals surface area contributed by atoms with Gasteiger partial charge in [0.2, 0.25) is 0 Å². The normalized spacial score (nSPS) is 31.4. The van der Waals surface area contributed by atoms with Crippen LogP contribution in [-0.2, 0) is 18.9 Å². The highest BCUT2D eigenvalue weighted by Crippen LogP contribution is 2.40. The number of ether oxygens (including phenoxy) is 4. The van der Waals surface area contributed by atoms with Gasteiger partial charge in [-0.2, -0.15) is 0 Å². The van der Waals surface area contributed by atoms with E-state index in [0.717, 1.165) is 25.7 Å². The van der Waals surface area contributed by atoms with Crippen LogP contribution in [0.1, 0.15) is 53.4 Å². The summed E-state index contributed by atoms with van der Waals surface area (Å²) in [6.45, 7) is 12.5. The lowest BCUT2D eigenvalue weighted by atomic mass is 9.83. The summed E-state index contributed by atoms with van der Waals surface area (Å²) in [5.41, 5.74) is 11.0. The molecule has 0 aromatic carbocycles. The predicted octanol–water partition coefficient (Wildman–Crippen LogP) is 2.25. The van der Waals surface area contributed by atoms with Gasteiger partial charge in [0.1, 0.15) is 0 Å². The fraction of sp³-hybridized carbons (Fsp3) is 1.00. The highest BCUT2D eigenvalue weighted by molar-refractivity contribution is 4.89. The molecule has 0 atom stereocenters. The summed E-state index contributed by atoms with van der Waals surface area (Å²) in [7, 11) is 0. The molecule has 2 saturated heterocycles. The minimum Gasteiger partial charge on any atom is -0.351 e. The lowest BCUT2D eigenvalue weighted by molar-refractivity contribution is -0.334. The minimum absolute atomic E-state index is 0.0376. The van der Waals surface area contributed by atoms with E-state index in [0.29, 0.717) is 39.5 Å². The molecule has 0 aromatic rings. The molecule has 2 aliphatic rings. The first kappa shape index (κ1) is 21.1. The van der Waals surface area contributed by atoms with Gasteiger partial charge in [-0.3, -0.25) is 0 Å². The summed E-state index contributed by atoms with van der Waals surface area (Å²) in [4.78, 5) is 0. The molecular weight excluding hydrogens is 320 g/mol. The van der Waals surface area contributed by atoms with Gasteiger partial charge in [0.05, 0.1) is 31.8 Å². The van der Waals surface area contributed by atoms with Crippen molar-refractivity contribution in [1.82, 2.24) is 0 Å². The monoisotopic (exact) mass is 358 g/mol. The average Bonchev–Trinajstić information content (AvgIpc) is 2.59. The first-order valence-corrected chi connectivity index (χ1v) is 9.61. The molecule has 2 rings (SSSR count). The van der Waals surface area contributed by atoms with Crippen molar-refractivity contribution in [3.8, 4) is 0 Å². The van der Waals surface area contributed by atoms with Crippen LogP contribution >= 0.6 is 0 Å². The largest absolute Gasteiger partial charge is 0.351 e. The van der Waals surface area contributed by atoms with E-state index in [1.807, 2.05) is 0 Å². The molecule has 0 saturated carbocycles. The van der Waals surface area contributed by atoms with E-state index in [1.54, 1.807) is 0 Å². The Kier molecular flexibility index (Phi) is 7.27. The van der Waals surface area contributed by atoms with Crippen molar-refractivity contribution in [3.05, 3.63) is 0 Å². The van der Waals surface area contributed by atoms with Gasteiger partial charge in [-0.25, -0.2) is 0 Å². The van der Waals surface area contributed by atoms with Crippen LogP contribution in [0.2, 0.25) is 0 Å². The maximum Gasteiger partial charge on any atom is 0.162 e. The lowest BCUT2D eigenvalue weighted by Gasteiger charge is -2.49. The van der Waals surface area contributed by atoms with E-state index in [9.17, 15) is 0 Å². The van der Waals surface area contributed by atoms with Gasteiger partial charge in [-0.15, -0.1) is 0 Å². The molecular formula is C19H38N2O4. The Morgan fingerprint density at radius 1 is 0.720 bits per heavy atom. The van der Waals surface area contributed by atoms with Crippen LogP contribution in [-0.4, -0.2) is 52.1 Å². The Hall–Kier alpha value is -0.240. The second-order valence-corrected chi connectivity index (χ2v) is 9.17. The lowest BCUT2D eigenvalue weighted by Crippen LogP contribution is -2.56. The number of nitrogens with two attached hydrogens (primary N) is 2. The van der Waals surface area contributed by atoms with Crippen LogP contribution in [0.4, 0.5) is 0 Å². The third kappa shape index (κ3) is 5.37. The SMILES string of the molecule is CC(C)(CCCN)C1OCC2(CO1)COC(C(C)(C)CCCN)OC2. The zero-order valence-electron chi connectivity index (χ0n) is 16.5. The number of hydrogen-bond donors (Lipinski definition) is 2. The molecule has 2 fully saturated rings. The summed E-state index contributed by atoms with van der Waals surface area (Å²) in [6, 6.07) is 0. The van der Waals surface area contributed by atoms with Crippen LogP contribution < -0.4 is 11.5 Å².